The molecule has 0 saturated heterocycles. The normalized spacial score (nSPS) is 17.3. The van der Waals surface area contributed by atoms with E-state index in [1.807, 2.05) is 0 Å². The summed E-state index contributed by atoms with van der Waals surface area (Å²) in [6, 6.07) is 13.3. The molecule has 0 fully saturated rings. The van der Waals surface area contributed by atoms with Crippen molar-refractivity contribution in [3.8, 4) is 0 Å². The maximum Gasteiger partial charge on any atom is 0.00731 e. The van der Waals surface area contributed by atoms with Crippen molar-refractivity contribution in [3.63, 3.8) is 0 Å². The summed E-state index contributed by atoms with van der Waals surface area (Å²) in [4.78, 5) is 0. The van der Waals surface area contributed by atoms with Crippen LogP contribution in [0.5, 0.6) is 0 Å². The molecule has 0 heteroatoms. The molecule has 0 amide bonds. The summed E-state index contributed by atoms with van der Waals surface area (Å²) < 4.78 is 0. The van der Waals surface area contributed by atoms with Crippen LogP contribution in [0.25, 0.3) is 11.6 Å². The topological polar surface area (TPSA) is 0 Å². The Morgan fingerprint density at radius 1 is 0.842 bits per heavy atom. The average molecular weight is 248 g/mol. The fourth-order valence-electron chi connectivity index (χ4n) is 3.08. The number of hydrogen-bond acceptors (Lipinski definition) is 0. The van der Waals surface area contributed by atoms with E-state index in [-0.39, 0.29) is 0 Å². The molecule has 19 heavy (non-hydrogen) atoms. The first kappa shape index (κ1) is 12.2. The molecule has 2 aromatic rings. The molecule has 3 rings (SSSR count). The van der Waals surface area contributed by atoms with E-state index in [2.05, 4.69) is 70.2 Å². The first-order chi connectivity index (χ1) is 9.09. The second-order valence-corrected chi connectivity index (χ2v) is 5.63. The molecule has 0 radical (unpaired) electrons. The van der Waals surface area contributed by atoms with Crippen molar-refractivity contribution in [3.05, 3.63) is 69.8 Å². The minimum absolute atomic E-state index is 0.497. The summed E-state index contributed by atoms with van der Waals surface area (Å²) in [6.45, 7) is 8.97. The van der Waals surface area contributed by atoms with E-state index in [0.29, 0.717) is 5.92 Å². The molecule has 1 aliphatic carbocycles. The standard InChI is InChI=1S/C19H20/c1-12-9-10-18(14(3)13(12)2)19-11-16-7-5-6-8-17(16)15(19)4/h5-11,15H,1-4H3. The van der Waals surface area contributed by atoms with Crippen LogP contribution in [0.1, 0.15) is 46.2 Å². The number of fused-ring (bicyclic) bond motifs is 1. The summed E-state index contributed by atoms with van der Waals surface area (Å²) >= 11 is 0. The maximum atomic E-state index is 2.36. The van der Waals surface area contributed by atoms with E-state index in [1.54, 1.807) is 0 Å². The van der Waals surface area contributed by atoms with E-state index in [9.17, 15) is 0 Å². The van der Waals surface area contributed by atoms with Gasteiger partial charge in [-0.05, 0) is 59.7 Å². The molecular formula is C19H20. The van der Waals surface area contributed by atoms with Crippen LogP contribution < -0.4 is 0 Å². The third kappa shape index (κ3) is 1.83. The van der Waals surface area contributed by atoms with Crippen molar-refractivity contribution in [1.82, 2.24) is 0 Å². The van der Waals surface area contributed by atoms with Gasteiger partial charge in [-0.2, -0.15) is 0 Å². The Balaban J connectivity index is 2.14. The number of aryl methyl sites for hydroxylation is 1. The third-order valence-corrected chi connectivity index (χ3v) is 4.61. The second-order valence-electron chi connectivity index (χ2n) is 5.63. The van der Waals surface area contributed by atoms with Gasteiger partial charge in [-0.15, -0.1) is 0 Å². The third-order valence-electron chi connectivity index (χ3n) is 4.61. The molecule has 96 valence electrons. The van der Waals surface area contributed by atoms with Crippen LogP contribution >= 0.6 is 0 Å². The van der Waals surface area contributed by atoms with Crippen molar-refractivity contribution in [1.29, 1.82) is 0 Å². The quantitative estimate of drug-likeness (QED) is 0.645. The highest BCUT2D eigenvalue weighted by molar-refractivity contribution is 5.92. The fraction of sp³-hybridized carbons (Fsp3) is 0.263. The van der Waals surface area contributed by atoms with Gasteiger partial charge in [-0.1, -0.05) is 49.4 Å². The molecule has 1 unspecified atom stereocenters. The van der Waals surface area contributed by atoms with Crippen LogP contribution in [0.3, 0.4) is 0 Å². The molecule has 1 atom stereocenters. The molecule has 0 aliphatic heterocycles. The predicted octanol–water partition coefficient (Wildman–Crippen LogP) is 5.27. The van der Waals surface area contributed by atoms with Gasteiger partial charge in [-0.25, -0.2) is 0 Å². The minimum Gasteiger partial charge on any atom is -0.0619 e. The molecule has 0 N–H and O–H groups in total. The van der Waals surface area contributed by atoms with Gasteiger partial charge in [0.1, 0.15) is 0 Å². The summed E-state index contributed by atoms with van der Waals surface area (Å²) in [6.07, 6.45) is 2.36. The van der Waals surface area contributed by atoms with E-state index >= 15 is 0 Å². The molecule has 0 spiro atoms. The van der Waals surface area contributed by atoms with Crippen molar-refractivity contribution in [2.24, 2.45) is 0 Å². The number of rotatable bonds is 1. The van der Waals surface area contributed by atoms with E-state index in [0.717, 1.165) is 0 Å². The van der Waals surface area contributed by atoms with Gasteiger partial charge in [0.15, 0.2) is 0 Å². The van der Waals surface area contributed by atoms with Gasteiger partial charge in [0.05, 0.1) is 0 Å². The lowest BCUT2D eigenvalue weighted by Gasteiger charge is -2.16. The number of hydrogen-bond donors (Lipinski definition) is 0. The molecule has 0 saturated carbocycles. The van der Waals surface area contributed by atoms with Crippen LogP contribution in [0.4, 0.5) is 0 Å². The Kier molecular flexibility index (Phi) is 2.82. The van der Waals surface area contributed by atoms with Crippen LogP contribution in [0.2, 0.25) is 0 Å². The van der Waals surface area contributed by atoms with E-state index in [4.69, 9.17) is 0 Å². The highest BCUT2D eigenvalue weighted by Gasteiger charge is 2.23. The predicted molar refractivity (Wildman–Crippen MR) is 83.4 cm³/mol. The van der Waals surface area contributed by atoms with Crippen LogP contribution in [0.15, 0.2) is 36.4 Å². The lowest BCUT2D eigenvalue weighted by molar-refractivity contribution is 1.00. The molecule has 2 aromatic carbocycles. The average Bonchev–Trinajstić information content (AvgIpc) is 2.74. The van der Waals surface area contributed by atoms with Crippen molar-refractivity contribution in [2.75, 3.05) is 0 Å². The fourth-order valence-corrected chi connectivity index (χ4v) is 3.08. The van der Waals surface area contributed by atoms with Crippen molar-refractivity contribution in [2.45, 2.75) is 33.6 Å². The number of benzene rings is 2. The summed E-state index contributed by atoms with van der Waals surface area (Å²) in [5.74, 6) is 0.497. The Morgan fingerprint density at radius 2 is 1.58 bits per heavy atom. The van der Waals surface area contributed by atoms with Crippen molar-refractivity contribution < 1.29 is 0 Å². The van der Waals surface area contributed by atoms with Gasteiger partial charge in [0.25, 0.3) is 0 Å². The first-order valence-corrected chi connectivity index (χ1v) is 6.97. The second kappa shape index (κ2) is 4.38. The van der Waals surface area contributed by atoms with Gasteiger partial charge >= 0.3 is 0 Å². The SMILES string of the molecule is Cc1ccc(C2=Cc3ccccc3C2C)c(C)c1C. The molecule has 0 bridgehead atoms. The Hall–Kier alpha value is -1.82. The minimum atomic E-state index is 0.497. The molecular weight excluding hydrogens is 228 g/mol. The van der Waals surface area contributed by atoms with Crippen LogP contribution in [0, 0.1) is 20.8 Å². The van der Waals surface area contributed by atoms with E-state index < -0.39 is 0 Å². The smallest absolute Gasteiger partial charge is 0.00731 e. The van der Waals surface area contributed by atoms with Crippen molar-refractivity contribution >= 4 is 11.6 Å². The lowest BCUT2D eigenvalue weighted by Crippen LogP contribution is -1.98. The van der Waals surface area contributed by atoms with Gasteiger partial charge in [-0.3, -0.25) is 0 Å². The Labute approximate surface area is 115 Å². The lowest BCUT2D eigenvalue weighted by atomic mass is 9.88. The van der Waals surface area contributed by atoms with Gasteiger partial charge in [0.2, 0.25) is 0 Å². The zero-order valence-electron chi connectivity index (χ0n) is 12.1. The first-order valence-electron chi connectivity index (χ1n) is 6.97. The largest absolute Gasteiger partial charge is 0.0619 e. The highest BCUT2D eigenvalue weighted by atomic mass is 14.3. The summed E-state index contributed by atoms with van der Waals surface area (Å²) in [5.41, 5.74) is 9.92. The van der Waals surface area contributed by atoms with E-state index in [1.165, 1.54) is 39.0 Å². The van der Waals surface area contributed by atoms with Crippen LogP contribution in [-0.4, -0.2) is 0 Å². The van der Waals surface area contributed by atoms with Gasteiger partial charge in [0, 0.05) is 5.92 Å². The molecule has 1 aliphatic rings. The number of allylic oxidation sites excluding steroid dienone is 1. The van der Waals surface area contributed by atoms with Gasteiger partial charge < -0.3 is 0 Å². The van der Waals surface area contributed by atoms with Crippen LogP contribution in [-0.2, 0) is 0 Å². The highest BCUT2D eigenvalue weighted by Crippen LogP contribution is 2.42. The Morgan fingerprint density at radius 3 is 2.32 bits per heavy atom. The molecule has 0 nitrogen and oxygen atoms in total. The molecule has 0 heterocycles. The monoisotopic (exact) mass is 248 g/mol. The summed E-state index contributed by atoms with van der Waals surface area (Å²) in [7, 11) is 0. The molecule has 0 aromatic heterocycles. The maximum absolute atomic E-state index is 2.36. The zero-order valence-corrected chi connectivity index (χ0v) is 12.1. The Bertz CT molecular complexity index is 674. The summed E-state index contributed by atoms with van der Waals surface area (Å²) in [5, 5.41) is 0. The zero-order chi connectivity index (χ0) is 13.6.